The molecule has 0 radical (unpaired) electrons. The van der Waals surface area contributed by atoms with Crippen LogP contribution in [-0.4, -0.2) is 35.2 Å². The Balaban J connectivity index is 1.76. The minimum absolute atomic E-state index is 0.00417. The number of hydrogen-bond donors (Lipinski definition) is 1. The molecule has 18 heavy (non-hydrogen) atoms. The largest absolute Gasteiger partial charge is 0.354 e. The molecule has 3 aliphatic rings. The van der Waals surface area contributed by atoms with Crippen molar-refractivity contribution >= 4 is 17.7 Å². The summed E-state index contributed by atoms with van der Waals surface area (Å²) in [5.41, 5.74) is 0. The zero-order valence-corrected chi connectivity index (χ0v) is 10.5. The van der Waals surface area contributed by atoms with Crippen LogP contribution in [0.3, 0.4) is 0 Å². The molecule has 2 aliphatic heterocycles. The van der Waals surface area contributed by atoms with Gasteiger partial charge < -0.3 is 5.32 Å². The maximum Gasteiger partial charge on any atom is 0.233 e. The first kappa shape index (κ1) is 11.7. The molecule has 1 N–H and O–H groups in total. The zero-order chi connectivity index (χ0) is 12.9. The SMILES string of the molecule is CC1CC2C(=O)N(C3CCC(=O)NC3)C(=O)C2C1. The van der Waals surface area contributed by atoms with Crippen LogP contribution >= 0.6 is 0 Å². The molecule has 0 spiro atoms. The Morgan fingerprint density at radius 1 is 1.11 bits per heavy atom. The van der Waals surface area contributed by atoms with E-state index < -0.39 is 0 Å². The van der Waals surface area contributed by atoms with Crippen LogP contribution in [0.25, 0.3) is 0 Å². The van der Waals surface area contributed by atoms with Gasteiger partial charge in [-0.25, -0.2) is 0 Å². The predicted molar refractivity (Wildman–Crippen MR) is 63.3 cm³/mol. The summed E-state index contributed by atoms with van der Waals surface area (Å²) in [6.45, 7) is 2.52. The third kappa shape index (κ3) is 1.64. The van der Waals surface area contributed by atoms with Gasteiger partial charge in [0.1, 0.15) is 0 Å². The molecule has 3 unspecified atom stereocenters. The number of likely N-dealkylation sites (tertiary alicyclic amines) is 1. The van der Waals surface area contributed by atoms with E-state index >= 15 is 0 Å². The molecule has 2 saturated heterocycles. The van der Waals surface area contributed by atoms with Crippen LogP contribution in [0, 0.1) is 17.8 Å². The van der Waals surface area contributed by atoms with Crippen molar-refractivity contribution in [3.63, 3.8) is 0 Å². The van der Waals surface area contributed by atoms with Crippen molar-refractivity contribution in [2.75, 3.05) is 6.54 Å². The lowest BCUT2D eigenvalue weighted by Crippen LogP contribution is -2.50. The highest BCUT2D eigenvalue weighted by molar-refractivity contribution is 6.06. The minimum atomic E-state index is -0.122. The van der Waals surface area contributed by atoms with E-state index in [9.17, 15) is 14.4 Å². The van der Waals surface area contributed by atoms with Gasteiger partial charge in [-0.3, -0.25) is 19.3 Å². The Morgan fingerprint density at radius 3 is 2.22 bits per heavy atom. The van der Waals surface area contributed by atoms with Crippen molar-refractivity contribution in [1.29, 1.82) is 0 Å². The van der Waals surface area contributed by atoms with Gasteiger partial charge in [0, 0.05) is 13.0 Å². The van der Waals surface area contributed by atoms with Gasteiger partial charge in [0.25, 0.3) is 0 Å². The van der Waals surface area contributed by atoms with E-state index in [1.165, 1.54) is 4.90 Å². The van der Waals surface area contributed by atoms with Crippen molar-refractivity contribution in [1.82, 2.24) is 10.2 Å². The van der Waals surface area contributed by atoms with Gasteiger partial charge in [0.05, 0.1) is 17.9 Å². The van der Waals surface area contributed by atoms with Crippen LogP contribution in [0.5, 0.6) is 0 Å². The second-order valence-corrected chi connectivity index (χ2v) is 5.83. The molecular weight excluding hydrogens is 232 g/mol. The summed E-state index contributed by atoms with van der Waals surface area (Å²) in [5, 5.41) is 2.74. The first-order valence-electron chi connectivity index (χ1n) is 6.71. The topological polar surface area (TPSA) is 66.5 Å². The zero-order valence-electron chi connectivity index (χ0n) is 10.5. The fourth-order valence-electron chi connectivity index (χ4n) is 3.60. The van der Waals surface area contributed by atoms with E-state index in [1.54, 1.807) is 0 Å². The molecule has 0 bridgehead atoms. The lowest BCUT2D eigenvalue weighted by molar-refractivity contribution is -0.145. The van der Waals surface area contributed by atoms with Crippen molar-refractivity contribution in [3.8, 4) is 0 Å². The molecule has 0 aromatic carbocycles. The van der Waals surface area contributed by atoms with E-state index in [4.69, 9.17) is 0 Å². The summed E-state index contributed by atoms with van der Waals surface area (Å²) in [6, 6.07) is -0.122. The molecule has 0 aromatic rings. The second kappa shape index (κ2) is 4.07. The molecule has 1 saturated carbocycles. The Hall–Kier alpha value is -1.39. The third-order valence-electron chi connectivity index (χ3n) is 4.51. The third-order valence-corrected chi connectivity index (χ3v) is 4.51. The highest BCUT2D eigenvalue weighted by Crippen LogP contribution is 2.43. The molecule has 3 fully saturated rings. The summed E-state index contributed by atoms with van der Waals surface area (Å²) >= 11 is 0. The maximum absolute atomic E-state index is 12.3. The van der Waals surface area contributed by atoms with E-state index in [2.05, 4.69) is 12.2 Å². The van der Waals surface area contributed by atoms with Crippen molar-refractivity contribution < 1.29 is 14.4 Å². The number of nitrogens with zero attached hydrogens (tertiary/aromatic N) is 1. The average Bonchev–Trinajstić information content (AvgIpc) is 2.82. The van der Waals surface area contributed by atoms with Crippen LogP contribution in [0.1, 0.15) is 32.6 Å². The van der Waals surface area contributed by atoms with E-state index in [0.717, 1.165) is 12.8 Å². The van der Waals surface area contributed by atoms with Crippen LogP contribution in [-0.2, 0) is 14.4 Å². The van der Waals surface area contributed by atoms with Gasteiger partial charge in [-0.2, -0.15) is 0 Å². The van der Waals surface area contributed by atoms with E-state index in [0.29, 0.717) is 25.3 Å². The van der Waals surface area contributed by atoms with Crippen LogP contribution in [0.15, 0.2) is 0 Å². The Bertz CT molecular complexity index is 386. The lowest BCUT2D eigenvalue weighted by atomic mass is 10.00. The summed E-state index contributed by atoms with van der Waals surface area (Å²) in [6.07, 6.45) is 2.70. The smallest absolute Gasteiger partial charge is 0.233 e. The van der Waals surface area contributed by atoms with Gasteiger partial charge in [0.15, 0.2) is 0 Å². The minimum Gasteiger partial charge on any atom is -0.354 e. The lowest BCUT2D eigenvalue weighted by Gasteiger charge is -2.30. The molecule has 98 valence electrons. The molecular formula is C13H18N2O3. The number of nitrogens with one attached hydrogen (secondary N) is 1. The number of hydrogen-bond acceptors (Lipinski definition) is 3. The molecule has 2 heterocycles. The molecule has 1 aliphatic carbocycles. The van der Waals surface area contributed by atoms with Crippen LogP contribution in [0.2, 0.25) is 0 Å². The number of fused-ring (bicyclic) bond motifs is 1. The summed E-state index contributed by atoms with van der Waals surface area (Å²) < 4.78 is 0. The van der Waals surface area contributed by atoms with Gasteiger partial charge in [-0.1, -0.05) is 6.92 Å². The highest BCUT2D eigenvalue weighted by atomic mass is 16.2. The van der Waals surface area contributed by atoms with Gasteiger partial charge in [0.2, 0.25) is 17.7 Å². The first-order valence-corrected chi connectivity index (χ1v) is 6.71. The van der Waals surface area contributed by atoms with E-state index in [1.807, 2.05) is 0 Å². The normalized spacial score (nSPS) is 40.1. The summed E-state index contributed by atoms with van der Waals surface area (Å²) in [5.74, 6) is 0.293. The van der Waals surface area contributed by atoms with Gasteiger partial charge >= 0.3 is 0 Å². The number of piperidine rings is 1. The summed E-state index contributed by atoms with van der Waals surface area (Å²) in [7, 11) is 0. The van der Waals surface area contributed by atoms with Gasteiger partial charge in [-0.15, -0.1) is 0 Å². The summed E-state index contributed by atoms with van der Waals surface area (Å²) in [4.78, 5) is 37.2. The molecule has 3 rings (SSSR count). The van der Waals surface area contributed by atoms with Crippen molar-refractivity contribution in [3.05, 3.63) is 0 Å². The van der Waals surface area contributed by atoms with E-state index in [-0.39, 0.29) is 35.6 Å². The molecule has 3 amide bonds. The van der Waals surface area contributed by atoms with Crippen LogP contribution in [0.4, 0.5) is 0 Å². The second-order valence-electron chi connectivity index (χ2n) is 5.83. The Morgan fingerprint density at radius 2 is 1.72 bits per heavy atom. The fourth-order valence-corrected chi connectivity index (χ4v) is 3.60. The van der Waals surface area contributed by atoms with Crippen molar-refractivity contribution in [2.45, 2.75) is 38.6 Å². The Kier molecular flexibility index (Phi) is 2.64. The fraction of sp³-hybridized carbons (Fsp3) is 0.769. The maximum atomic E-state index is 12.3. The van der Waals surface area contributed by atoms with Crippen LogP contribution < -0.4 is 5.32 Å². The number of rotatable bonds is 1. The average molecular weight is 250 g/mol. The first-order chi connectivity index (χ1) is 8.58. The number of amides is 3. The van der Waals surface area contributed by atoms with Crippen molar-refractivity contribution in [2.24, 2.45) is 17.8 Å². The molecule has 5 nitrogen and oxygen atoms in total. The standard InChI is InChI=1S/C13H18N2O3/c1-7-4-9-10(5-7)13(18)15(12(9)17)8-2-3-11(16)14-6-8/h7-10H,2-6H2,1H3,(H,14,16). The predicted octanol–water partition coefficient (Wildman–Crippen LogP) is 0.296. The number of carbonyl (C=O) groups excluding carboxylic acids is 3. The number of carbonyl (C=O) groups is 3. The molecule has 0 aromatic heterocycles. The van der Waals surface area contributed by atoms with Gasteiger partial charge in [-0.05, 0) is 25.2 Å². The quantitative estimate of drug-likeness (QED) is 0.680. The molecule has 5 heteroatoms. The molecule has 3 atom stereocenters. The Labute approximate surface area is 106 Å². The monoisotopic (exact) mass is 250 g/mol. The number of imide groups is 1. The highest BCUT2D eigenvalue weighted by Gasteiger charge is 2.53.